The van der Waals surface area contributed by atoms with E-state index >= 15 is 0 Å². The second-order valence-electron chi connectivity index (χ2n) is 15.6. The molecule has 2 fully saturated rings. The van der Waals surface area contributed by atoms with Crippen LogP contribution >= 0.6 is 0 Å². The van der Waals surface area contributed by atoms with E-state index in [1.165, 1.54) is 48.9 Å². The number of likely N-dealkylation sites (tertiary alicyclic amines) is 2. The third-order valence-corrected chi connectivity index (χ3v) is 8.90. The van der Waals surface area contributed by atoms with Crippen molar-refractivity contribution in [1.82, 2.24) is 14.7 Å². The monoisotopic (exact) mass is 814 g/mol. The zero-order chi connectivity index (χ0) is 42.9. The van der Waals surface area contributed by atoms with Crippen LogP contribution in [0.15, 0.2) is 48.5 Å². The van der Waals surface area contributed by atoms with Crippen LogP contribution < -0.4 is 4.74 Å². The number of esters is 2. The maximum absolute atomic E-state index is 12.7. The summed E-state index contributed by atoms with van der Waals surface area (Å²) in [4.78, 5) is 87.8. The molecule has 58 heavy (non-hydrogen) atoms. The standard InChI is InChI=1S/C21H28N2O6.C18H22N2O9/c1-21(2,3)29-20(26)23-13-16(11-17(23)18(24)27-4)28-19(25)22-10-9-14-7-5-6-8-15(14)12-22;1-18(2,3)29-16(22)19-10-13(9-14(19)15(21)26-4)28-17(23)27-12-7-5-11(6-8-12)20(24)25/h5-8,16-17H,9-13H2,1-4H3;5-8,13-14H,9-10H2,1-4H3/t16-,17+;13-,14+/m11/s1. The molecule has 2 saturated heterocycles. The quantitative estimate of drug-likeness (QED) is 0.117. The number of nitro groups is 1. The summed E-state index contributed by atoms with van der Waals surface area (Å²) in [5.74, 6) is -1.17. The minimum atomic E-state index is -1.07. The molecule has 3 heterocycles. The number of hydrogen-bond donors (Lipinski definition) is 0. The van der Waals surface area contributed by atoms with Gasteiger partial charge < -0.3 is 38.1 Å². The Bertz CT molecular complexity index is 1840. The average Bonchev–Trinajstić information content (AvgIpc) is 3.78. The summed E-state index contributed by atoms with van der Waals surface area (Å²) >= 11 is 0. The normalized spacial score (nSPS) is 20.0. The van der Waals surface area contributed by atoms with Crippen molar-refractivity contribution < 1.29 is 66.8 Å². The topological polar surface area (TPSA) is 220 Å². The van der Waals surface area contributed by atoms with Crippen LogP contribution in [0.25, 0.3) is 0 Å². The van der Waals surface area contributed by atoms with Crippen LogP contribution in [0.4, 0.5) is 24.9 Å². The van der Waals surface area contributed by atoms with Crippen LogP contribution in [0.3, 0.4) is 0 Å². The molecule has 0 bridgehead atoms. The van der Waals surface area contributed by atoms with Crippen LogP contribution in [0.1, 0.15) is 65.5 Å². The molecule has 2 aromatic carbocycles. The van der Waals surface area contributed by atoms with Crippen molar-refractivity contribution in [2.45, 2.75) is 103 Å². The Morgan fingerprint density at radius 1 is 0.690 bits per heavy atom. The smallest absolute Gasteiger partial charge is 0.467 e. The van der Waals surface area contributed by atoms with Crippen molar-refractivity contribution in [3.05, 3.63) is 69.8 Å². The van der Waals surface area contributed by atoms with Gasteiger partial charge in [-0.25, -0.2) is 28.8 Å². The number of fused-ring (bicyclic) bond motifs is 1. The molecule has 5 rings (SSSR count). The van der Waals surface area contributed by atoms with E-state index < -0.39 is 76.8 Å². The maximum atomic E-state index is 12.7. The highest BCUT2D eigenvalue weighted by Gasteiger charge is 2.45. The van der Waals surface area contributed by atoms with E-state index in [1.54, 1.807) is 46.4 Å². The Morgan fingerprint density at radius 2 is 1.17 bits per heavy atom. The first-order valence-electron chi connectivity index (χ1n) is 18.5. The average molecular weight is 815 g/mol. The first-order chi connectivity index (χ1) is 27.2. The Balaban J connectivity index is 0.000000257. The summed E-state index contributed by atoms with van der Waals surface area (Å²) in [6.45, 7) is 11.4. The molecular formula is C39H50N4O15. The number of nitro benzene ring substituents is 1. The largest absolute Gasteiger partial charge is 0.514 e. The van der Waals surface area contributed by atoms with Crippen molar-refractivity contribution in [3.63, 3.8) is 0 Å². The van der Waals surface area contributed by atoms with Crippen molar-refractivity contribution in [3.8, 4) is 5.75 Å². The number of ether oxygens (including phenoxy) is 7. The van der Waals surface area contributed by atoms with E-state index in [-0.39, 0.29) is 37.4 Å². The minimum Gasteiger partial charge on any atom is -0.467 e. The number of nitrogens with zero attached hydrogens (tertiary/aromatic N) is 4. The summed E-state index contributed by atoms with van der Waals surface area (Å²) in [6, 6.07) is 11.0. The number of benzene rings is 2. The number of carbonyl (C=O) groups excluding carboxylic acids is 6. The second kappa shape index (κ2) is 18.9. The van der Waals surface area contributed by atoms with Crippen molar-refractivity contribution in [2.75, 3.05) is 33.9 Å². The van der Waals surface area contributed by atoms with Gasteiger partial charge in [-0.3, -0.25) is 19.9 Å². The molecule has 0 radical (unpaired) electrons. The lowest BCUT2D eigenvalue weighted by molar-refractivity contribution is -0.384. The Hall–Kier alpha value is -6.14. The van der Waals surface area contributed by atoms with Crippen molar-refractivity contribution in [1.29, 1.82) is 0 Å². The van der Waals surface area contributed by atoms with Gasteiger partial charge in [0.25, 0.3) is 5.69 Å². The third-order valence-electron chi connectivity index (χ3n) is 8.90. The van der Waals surface area contributed by atoms with Gasteiger partial charge >= 0.3 is 36.4 Å². The molecule has 3 aliphatic rings. The lowest BCUT2D eigenvalue weighted by Gasteiger charge is -2.29. The fourth-order valence-corrected chi connectivity index (χ4v) is 6.29. The number of amides is 3. The van der Waals surface area contributed by atoms with Gasteiger partial charge in [-0.15, -0.1) is 0 Å². The van der Waals surface area contributed by atoms with E-state index in [2.05, 4.69) is 6.07 Å². The van der Waals surface area contributed by atoms with Gasteiger partial charge in [0.1, 0.15) is 41.2 Å². The molecule has 4 atom stereocenters. The van der Waals surface area contributed by atoms with Gasteiger partial charge in [-0.05, 0) is 71.2 Å². The third kappa shape index (κ3) is 12.4. The van der Waals surface area contributed by atoms with Crippen LogP contribution in [-0.2, 0) is 51.0 Å². The maximum Gasteiger partial charge on any atom is 0.514 e. The van der Waals surface area contributed by atoms with E-state index in [0.29, 0.717) is 13.1 Å². The summed E-state index contributed by atoms with van der Waals surface area (Å²) in [5, 5.41) is 10.6. The highest BCUT2D eigenvalue weighted by atomic mass is 16.7. The molecular weight excluding hydrogens is 764 g/mol. The van der Waals surface area contributed by atoms with Gasteiger partial charge in [-0.1, -0.05) is 24.3 Å². The number of carbonyl (C=O) groups is 6. The van der Waals surface area contributed by atoms with Crippen LogP contribution in [-0.4, -0.2) is 125 Å². The fraction of sp³-hybridized carbons (Fsp3) is 0.538. The summed E-state index contributed by atoms with van der Waals surface area (Å²) in [5.41, 5.74) is 0.707. The van der Waals surface area contributed by atoms with E-state index in [4.69, 9.17) is 33.2 Å². The lowest BCUT2D eigenvalue weighted by Crippen LogP contribution is -2.44. The SMILES string of the molecule is COC(=O)[C@@H]1C[C@@H](OC(=O)N2CCc3ccccc3C2)CN1C(=O)OC(C)(C)C.COC(=O)[C@@H]1C[C@@H](OC(=O)Oc2ccc([N+](=O)[O-])cc2)CN1C(=O)OC(C)(C)C. The molecule has 316 valence electrons. The molecule has 0 aliphatic carbocycles. The first-order valence-corrected chi connectivity index (χ1v) is 18.5. The van der Waals surface area contributed by atoms with Gasteiger partial charge in [0.05, 0.1) is 32.2 Å². The Labute approximate surface area is 335 Å². The van der Waals surface area contributed by atoms with E-state index in [9.17, 15) is 38.9 Å². The highest BCUT2D eigenvalue weighted by Crippen LogP contribution is 2.28. The van der Waals surface area contributed by atoms with Gasteiger partial charge in [0.2, 0.25) is 0 Å². The molecule has 0 unspecified atom stereocenters. The van der Waals surface area contributed by atoms with Gasteiger partial charge in [0, 0.05) is 38.1 Å². The number of hydrogen-bond acceptors (Lipinski definition) is 15. The zero-order valence-corrected chi connectivity index (χ0v) is 33.8. The van der Waals surface area contributed by atoms with Crippen LogP contribution in [0.5, 0.6) is 5.75 Å². The Morgan fingerprint density at radius 3 is 1.64 bits per heavy atom. The van der Waals surface area contributed by atoms with Gasteiger partial charge in [-0.2, -0.15) is 0 Å². The van der Waals surface area contributed by atoms with E-state index in [1.807, 2.05) is 18.2 Å². The molecule has 19 nitrogen and oxygen atoms in total. The fourth-order valence-electron chi connectivity index (χ4n) is 6.29. The number of non-ortho nitro benzene ring substituents is 1. The first kappa shape index (κ1) is 44.6. The van der Waals surface area contributed by atoms with Crippen molar-refractivity contribution >= 4 is 42.1 Å². The summed E-state index contributed by atoms with van der Waals surface area (Å²) in [7, 11) is 2.45. The van der Waals surface area contributed by atoms with E-state index in [0.717, 1.165) is 16.9 Å². The molecule has 0 saturated carbocycles. The molecule has 0 spiro atoms. The predicted molar refractivity (Wildman–Crippen MR) is 202 cm³/mol. The lowest BCUT2D eigenvalue weighted by atomic mass is 10.0. The molecule has 19 heteroatoms. The summed E-state index contributed by atoms with van der Waals surface area (Å²) < 4.78 is 36.0. The molecule has 3 amide bonds. The second-order valence-corrected chi connectivity index (χ2v) is 15.6. The van der Waals surface area contributed by atoms with Crippen LogP contribution in [0, 0.1) is 10.1 Å². The van der Waals surface area contributed by atoms with Gasteiger partial charge in [0.15, 0.2) is 0 Å². The number of methoxy groups -OCH3 is 2. The summed E-state index contributed by atoms with van der Waals surface area (Å²) in [6.07, 6.45) is -3.33. The highest BCUT2D eigenvalue weighted by molar-refractivity contribution is 5.83. The molecule has 2 aromatic rings. The minimum absolute atomic E-state index is 0.0152. The molecule has 0 aromatic heterocycles. The van der Waals surface area contributed by atoms with Crippen LogP contribution in [0.2, 0.25) is 0 Å². The molecule has 0 N–H and O–H groups in total. The predicted octanol–water partition coefficient (Wildman–Crippen LogP) is 5.39. The zero-order valence-electron chi connectivity index (χ0n) is 33.8. The Kier molecular flexibility index (Phi) is 14.5. The number of rotatable bonds is 6. The van der Waals surface area contributed by atoms with Crippen molar-refractivity contribution in [2.24, 2.45) is 0 Å². The molecule has 3 aliphatic heterocycles.